The summed E-state index contributed by atoms with van der Waals surface area (Å²) in [4.78, 5) is 0. The summed E-state index contributed by atoms with van der Waals surface area (Å²) in [6.07, 6.45) is 6.25. The van der Waals surface area contributed by atoms with Crippen molar-refractivity contribution in [1.82, 2.24) is 11.5 Å². The van der Waals surface area contributed by atoms with Crippen molar-refractivity contribution in [3.05, 3.63) is 0 Å². The zero-order valence-electron chi connectivity index (χ0n) is 8.31. The molecule has 0 aromatic carbocycles. The minimum Gasteiger partial charge on any atom is -0.396 e. The van der Waals surface area contributed by atoms with Crippen LogP contribution in [0.3, 0.4) is 0 Å². The topological polar surface area (TPSA) is 67.3 Å². The first-order valence-electron chi connectivity index (χ1n) is 4.73. The van der Waals surface area contributed by atoms with Gasteiger partial charge in [-0.15, -0.1) is 0 Å². The van der Waals surface area contributed by atoms with Gasteiger partial charge in [-0.2, -0.15) is 0 Å². The van der Waals surface area contributed by atoms with Crippen LogP contribution in [0.2, 0.25) is 0 Å². The normalized spacial score (nSPS) is 14.3. The highest BCUT2D eigenvalue weighted by Crippen LogP contribution is 1.96. The molecule has 1 saturated heterocycles. The molecule has 0 aliphatic carbocycles. The predicted molar refractivity (Wildman–Crippen MR) is 60.5 cm³/mol. The van der Waals surface area contributed by atoms with Crippen molar-refractivity contribution in [2.45, 2.75) is 46.5 Å². The summed E-state index contributed by atoms with van der Waals surface area (Å²) in [6.45, 7) is 4.90. The fourth-order valence-electron chi connectivity index (χ4n) is 0.960. The van der Waals surface area contributed by atoms with Gasteiger partial charge in [0.1, 0.15) is 0 Å². The van der Waals surface area contributed by atoms with Gasteiger partial charge in [-0.3, -0.25) is 0 Å². The van der Waals surface area contributed by atoms with E-state index in [-0.39, 0.29) is 13.6 Å². The fourth-order valence-corrected chi connectivity index (χ4v) is 0.960. The average molecular weight is 192 g/mol. The van der Waals surface area contributed by atoms with Crippen LogP contribution in [0.4, 0.5) is 0 Å². The van der Waals surface area contributed by atoms with Crippen molar-refractivity contribution in [2.75, 3.05) is 19.7 Å². The summed E-state index contributed by atoms with van der Waals surface area (Å²) in [5, 5.41) is 11.4. The number of hydrogen-bond acceptors (Lipinski definition) is 3. The second-order valence-corrected chi connectivity index (χ2v) is 2.89. The van der Waals surface area contributed by atoms with Crippen LogP contribution in [0.25, 0.3) is 0 Å². The first-order valence-corrected chi connectivity index (χ1v) is 4.73. The molecule has 1 heterocycles. The predicted octanol–water partition coefficient (Wildman–Crippen LogP) is 2.34. The summed E-state index contributed by atoms with van der Waals surface area (Å²) in [5.41, 5.74) is 0. The maximum atomic E-state index is 8.07. The van der Waals surface area contributed by atoms with Crippen molar-refractivity contribution in [2.24, 2.45) is 0 Å². The maximum Gasteiger partial charge on any atom is 0.0430 e. The maximum absolute atomic E-state index is 8.07. The van der Waals surface area contributed by atoms with E-state index in [9.17, 15) is 0 Å². The van der Waals surface area contributed by atoms with Gasteiger partial charge in [0, 0.05) is 6.61 Å². The molecule has 3 heteroatoms. The molecular weight excluding hydrogens is 164 g/mol. The SMILES string of the molecule is C.C1CCNCC1.CCCCO.N. The third kappa shape index (κ3) is 18.7. The molecule has 13 heavy (non-hydrogen) atoms. The quantitative estimate of drug-likeness (QED) is 0.629. The number of aliphatic hydroxyl groups is 1. The molecule has 1 fully saturated rings. The van der Waals surface area contributed by atoms with Gasteiger partial charge >= 0.3 is 0 Å². The van der Waals surface area contributed by atoms with Crippen molar-refractivity contribution >= 4 is 0 Å². The molecule has 0 unspecified atom stereocenters. The van der Waals surface area contributed by atoms with E-state index in [0.717, 1.165) is 12.8 Å². The number of hydrogen-bond donors (Lipinski definition) is 3. The lowest BCUT2D eigenvalue weighted by molar-refractivity contribution is 0.287. The molecule has 0 aromatic rings. The van der Waals surface area contributed by atoms with Gasteiger partial charge in [-0.05, 0) is 32.4 Å². The Morgan fingerprint density at radius 1 is 1.15 bits per heavy atom. The molecule has 1 aliphatic rings. The van der Waals surface area contributed by atoms with Crippen molar-refractivity contribution < 1.29 is 5.11 Å². The van der Waals surface area contributed by atoms with Crippen molar-refractivity contribution in [3.63, 3.8) is 0 Å². The van der Waals surface area contributed by atoms with Gasteiger partial charge in [-0.1, -0.05) is 27.2 Å². The first kappa shape index (κ1) is 18.6. The molecule has 0 atom stereocenters. The molecule has 3 nitrogen and oxygen atoms in total. The van der Waals surface area contributed by atoms with Gasteiger partial charge in [-0.25, -0.2) is 0 Å². The fraction of sp³-hybridized carbons (Fsp3) is 1.00. The highest BCUT2D eigenvalue weighted by atomic mass is 16.2. The number of rotatable bonds is 2. The molecule has 5 N–H and O–H groups in total. The Balaban J connectivity index is -0.000000136. The van der Waals surface area contributed by atoms with E-state index in [1.165, 1.54) is 32.4 Å². The Hall–Kier alpha value is -0.120. The third-order valence-corrected chi connectivity index (χ3v) is 1.72. The van der Waals surface area contributed by atoms with E-state index in [2.05, 4.69) is 12.2 Å². The second-order valence-electron chi connectivity index (χ2n) is 2.89. The molecule has 0 spiro atoms. The molecule has 0 radical (unpaired) electrons. The Morgan fingerprint density at radius 2 is 1.69 bits per heavy atom. The number of piperidine rings is 1. The monoisotopic (exact) mass is 192 g/mol. The van der Waals surface area contributed by atoms with Crippen LogP contribution in [0, 0.1) is 0 Å². The average Bonchev–Trinajstić information content (AvgIpc) is 2.10. The highest BCUT2D eigenvalue weighted by molar-refractivity contribution is 4.55. The smallest absolute Gasteiger partial charge is 0.0430 e. The lowest BCUT2D eigenvalue weighted by atomic mass is 10.2. The molecule has 1 aliphatic heterocycles. The second kappa shape index (κ2) is 17.8. The summed E-state index contributed by atoms with van der Waals surface area (Å²) < 4.78 is 0. The van der Waals surface area contributed by atoms with Crippen LogP contribution in [0.15, 0.2) is 0 Å². The zero-order valence-corrected chi connectivity index (χ0v) is 8.31. The lowest BCUT2D eigenvalue weighted by Gasteiger charge is -2.08. The standard InChI is InChI=1S/C5H11N.C4H10O.CH4.H3N/c1-2-4-6-5-3-1;1-2-3-4-5;;/h6H,1-5H2;5H,2-4H2,1H3;1H4;1H3. The van der Waals surface area contributed by atoms with Crippen LogP contribution >= 0.6 is 0 Å². The van der Waals surface area contributed by atoms with E-state index in [4.69, 9.17) is 5.11 Å². The highest BCUT2D eigenvalue weighted by Gasteiger charge is 1.93. The lowest BCUT2D eigenvalue weighted by Crippen LogP contribution is -2.21. The van der Waals surface area contributed by atoms with E-state index < -0.39 is 0 Å². The van der Waals surface area contributed by atoms with Crippen LogP contribution in [-0.4, -0.2) is 24.8 Å². The molecule has 0 bridgehead atoms. The number of unbranched alkanes of at least 4 members (excludes halogenated alkanes) is 1. The Bertz CT molecular complexity index is 52.4. The van der Waals surface area contributed by atoms with E-state index in [0.29, 0.717) is 6.61 Å². The van der Waals surface area contributed by atoms with Crippen molar-refractivity contribution in [3.8, 4) is 0 Å². The Labute approximate surface area is 83.5 Å². The minimum absolute atomic E-state index is 0. The molecule has 0 amide bonds. The summed E-state index contributed by atoms with van der Waals surface area (Å²) in [6, 6.07) is 0. The summed E-state index contributed by atoms with van der Waals surface area (Å²) in [5.74, 6) is 0. The van der Waals surface area contributed by atoms with Crippen LogP contribution in [0.1, 0.15) is 46.5 Å². The van der Waals surface area contributed by atoms with Crippen LogP contribution in [-0.2, 0) is 0 Å². The van der Waals surface area contributed by atoms with Gasteiger partial charge in [0.25, 0.3) is 0 Å². The van der Waals surface area contributed by atoms with Gasteiger partial charge in [0.2, 0.25) is 0 Å². The Morgan fingerprint density at radius 3 is 1.77 bits per heavy atom. The summed E-state index contributed by atoms with van der Waals surface area (Å²) in [7, 11) is 0. The molecule has 0 aromatic heterocycles. The molecule has 1 rings (SSSR count). The summed E-state index contributed by atoms with van der Waals surface area (Å²) >= 11 is 0. The molecular formula is C10H28N2O. The first-order chi connectivity index (χ1) is 5.41. The van der Waals surface area contributed by atoms with Gasteiger partial charge in [0.15, 0.2) is 0 Å². The van der Waals surface area contributed by atoms with Crippen molar-refractivity contribution in [1.29, 1.82) is 0 Å². The zero-order chi connectivity index (χ0) is 8.36. The van der Waals surface area contributed by atoms with Gasteiger partial charge in [0.05, 0.1) is 0 Å². The van der Waals surface area contributed by atoms with E-state index in [1.54, 1.807) is 0 Å². The molecule has 0 saturated carbocycles. The van der Waals surface area contributed by atoms with E-state index in [1.807, 2.05) is 0 Å². The third-order valence-electron chi connectivity index (χ3n) is 1.72. The molecule has 84 valence electrons. The largest absolute Gasteiger partial charge is 0.396 e. The number of nitrogens with one attached hydrogen (secondary N) is 1. The Kier molecular flexibility index (Phi) is 25.5. The van der Waals surface area contributed by atoms with Crippen LogP contribution in [0.5, 0.6) is 0 Å². The number of aliphatic hydroxyl groups excluding tert-OH is 1. The van der Waals surface area contributed by atoms with E-state index >= 15 is 0 Å². The van der Waals surface area contributed by atoms with Crippen LogP contribution < -0.4 is 11.5 Å². The van der Waals surface area contributed by atoms with Gasteiger partial charge < -0.3 is 16.6 Å². The minimum atomic E-state index is 0.